The fraction of sp³-hybridized carbons (Fsp3) is 0.571. The van der Waals surface area contributed by atoms with Crippen LogP contribution >= 0.6 is 0 Å². The molecule has 5 heteroatoms. The predicted octanol–water partition coefficient (Wildman–Crippen LogP) is 2.30. The van der Waals surface area contributed by atoms with E-state index >= 15 is 0 Å². The van der Waals surface area contributed by atoms with E-state index in [-0.39, 0.29) is 5.91 Å². The van der Waals surface area contributed by atoms with Crippen molar-refractivity contribution in [2.75, 3.05) is 39.3 Å². The van der Waals surface area contributed by atoms with Crippen molar-refractivity contribution in [2.45, 2.75) is 39.2 Å². The smallest absolute Gasteiger partial charge is 0.234 e. The van der Waals surface area contributed by atoms with Gasteiger partial charge in [0.05, 0.1) is 6.54 Å². The molecule has 1 aliphatic heterocycles. The van der Waals surface area contributed by atoms with Gasteiger partial charge in [-0.3, -0.25) is 9.69 Å². The van der Waals surface area contributed by atoms with Crippen molar-refractivity contribution in [3.8, 4) is 0 Å². The van der Waals surface area contributed by atoms with Gasteiger partial charge in [0.15, 0.2) is 0 Å². The van der Waals surface area contributed by atoms with Crippen LogP contribution in [0.1, 0.15) is 36.6 Å². The Morgan fingerprint density at radius 2 is 1.88 bits per heavy atom. The van der Waals surface area contributed by atoms with E-state index in [2.05, 4.69) is 45.2 Å². The third-order valence-electron chi connectivity index (χ3n) is 5.93. The Morgan fingerprint density at radius 3 is 2.69 bits per heavy atom. The monoisotopic (exact) mass is 354 g/mol. The molecule has 1 saturated heterocycles. The maximum absolute atomic E-state index is 12.3. The number of fused-ring (bicyclic) bond motifs is 3. The minimum Gasteiger partial charge on any atom is -0.358 e. The fourth-order valence-corrected chi connectivity index (χ4v) is 4.29. The largest absolute Gasteiger partial charge is 0.358 e. The number of rotatable bonds is 5. The van der Waals surface area contributed by atoms with Gasteiger partial charge in [-0.1, -0.05) is 13.0 Å². The van der Waals surface area contributed by atoms with Gasteiger partial charge in [0, 0.05) is 49.3 Å². The molecule has 0 bridgehead atoms. The Hall–Kier alpha value is -1.85. The van der Waals surface area contributed by atoms with Crippen LogP contribution in [0.15, 0.2) is 18.2 Å². The molecule has 1 fully saturated rings. The number of hydrogen-bond donors (Lipinski definition) is 2. The van der Waals surface area contributed by atoms with E-state index in [9.17, 15) is 4.79 Å². The van der Waals surface area contributed by atoms with Crippen LogP contribution in [0.5, 0.6) is 0 Å². The number of aromatic nitrogens is 1. The highest BCUT2D eigenvalue weighted by Crippen LogP contribution is 2.29. The van der Waals surface area contributed by atoms with E-state index in [0.29, 0.717) is 13.1 Å². The number of amides is 1. The summed E-state index contributed by atoms with van der Waals surface area (Å²) in [5.41, 5.74) is 5.33. The second kappa shape index (κ2) is 7.80. The standard InChI is InChI=1S/C21H30N4O/c1-2-24-9-11-25(12-10-24)15-21(26)22-14-16-7-8-20-18(13-16)17-5-3-4-6-19(17)23-20/h7-8,13,23H,2-6,9-12,14-15H2,1H3,(H,22,26). The zero-order chi connectivity index (χ0) is 17.9. The number of likely N-dealkylation sites (N-methyl/N-ethyl adjacent to an activating group) is 1. The van der Waals surface area contributed by atoms with Crippen molar-refractivity contribution in [1.82, 2.24) is 20.1 Å². The number of piperazine rings is 1. The van der Waals surface area contributed by atoms with Crippen molar-refractivity contribution >= 4 is 16.8 Å². The van der Waals surface area contributed by atoms with Crippen LogP contribution in [0.4, 0.5) is 0 Å². The van der Waals surface area contributed by atoms with Gasteiger partial charge in [-0.15, -0.1) is 0 Å². The summed E-state index contributed by atoms with van der Waals surface area (Å²) < 4.78 is 0. The highest BCUT2D eigenvalue weighted by molar-refractivity contribution is 5.86. The molecular formula is C21H30N4O. The van der Waals surface area contributed by atoms with Gasteiger partial charge >= 0.3 is 0 Å². The molecule has 0 unspecified atom stereocenters. The molecule has 0 radical (unpaired) electrons. The van der Waals surface area contributed by atoms with E-state index in [0.717, 1.165) is 32.7 Å². The molecule has 2 aromatic rings. The van der Waals surface area contributed by atoms with Crippen LogP contribution in [0, 0.1) is 0 Å². The second-order valence-electron chi connectivity index (χ2n) is 7.66. The minimum atomic E-state index is 0.131. The SMILES string of the molecule is CCN1CCN(CC(=O)NCc2ccc3[nH]c4c(c3c2)CCCC4)CC1. The summed E-state index contributed by atoms with van der Waals surface area (Å²) in [7, 11) is 0. The number of nitrogens with one attached hydrogen (secondary N) is 2. The third kappa shape index (κ3) is 3.79. The molecule has 26 heavy (non-hydrogen) atoms. The number of benzene rings is 1. The molecule has 0 spiro atoms. The number of aromatic amines is 1. The average Bonchev–Trinajstić information content (AvgIpc) is 3.05. The number of hydrogen-bond acceptors (Lipinski definition) is 3. The summed E-state index contributed by atoms with van der Waals surface area (Å²) in [4.78, 5) is 20.6. The first kappa shape index (κ1) is 17.6. The molecule has 0 atom stereocenters. The van der Waals surface area contributed by atoms with E-state index in [4.69, 9.17) is 0 Å². The van der Waals surface area contributed by atoms with Gasteiger partial charge in [0.25, 0.3) is 0 Å². The van der Waals surface area contributed by atoms with Crippen molar-refractivity contribution in [1.29, 1.82) is 0 Å². The predicted molar refractivity (Wildman–Crippen MR) is 105 cm³/mol. The van der Waals surface area contributed by atoms with Gasteiger partial charge in [-0.05, 0) is 55.5 Å². The van der Waals surface area contributed by atoms with E-state index in [1.807, 2.05) is 0 Å². The lowest BCUT2D eigenvalue weighted by Gasteiger charge is -2.33. The molecule has 1 aliphatic carbocycles. The van der Waals surface area contributed by atoms with Crippen molar-refractivity contribution in [2.24, 2.45) is 0 Å². The third-order valence-corrected chi connectivity index (χ3v) is 5.93. The summed E-state index contributed by atoms with van der Waals surface area (Å²) in [6.07, 6.45) is 4.91. The first-order chi connectivity index (χ1) is 12.7. The fourth-order valence-electron chi connectivity index (χ4n) is 4.29. The number of aryl methyl sites for hydroxylation is 2. The van der Waals surface area contributed by atoms with Gasteiger partial charge in [0.2, 0.25) is 5.91 Å². The molecule has 140 valence electrons. The summed E-state index contributed by atoms with van der Waals surface area (Å²) in [6.45, 7) is 8.54. The van der Waals surface area contributed by atoms with Crippen LogP contribution in [-0.2, 0) is 24.2 Å². The molecule has 2 aliphatic rings. The maximum atomic E-state index is 12.3. The topological polar surface area (TPSA) is 51.4 Å². The Balaban J connectivity index is 1.33. The summed E-state index contributed by atoms with van der Waals surface area (Å²) in [5, 5.41) is 4.45. The minimum absolute atomic E-state index is 0.131. The second-order valence-corrected chi connectivity index (χ2v) is 7.66. The van der Waals surface area contributed by atoms with Gasteiger partial charge in [0.1, 0.15) is 0 Å². The van der Waals surface area contributed by atoms with Gasteiger partial charge in [-0.25, -0.2) is 0 Å². The first-order valence-electron chi connectivity index (χ1n) is 10.1. The molecule has 4 rings (SSSR count). The van der Waals surface area contributed by atoms with E-state index < -0.39 is 0 Å². The highest BCUT2D eigenvalue weighted by atomic mass is 16.2. The van der Waals surface area contributed by atoms with Crippen LogP contribution in [0.3, 0.4) is 0 Å². The maximum Gasteiger partial charge on any atom is 0.234 e. The lowest BCUT2D eigenvalue weighted by molar-refractivity contribution is -0.122. The molecule has 2 N–H and O–H groups in total. The highest BCUT2D eigenvalue weighted by Gasteiger charge is 2.18. The first-order valence-corrected chi connectivity index (χ1v) is 10.1. The van der Waals surface area contributed by atoms with Crippen LogP contribution in [0.2, 0.25) is 0 Å². The quantitative estimate of drug-likeness (QED) is 0.866. The zero-order valence-electron chi connectivity index (χ0n) is 15.8. The summed E-state index contributed by atoms with van der Waals surface area (Å²) in [5.74, 6) is 0.131. The Morgan fingerprint density at radius 1 is 1.12 bits per heavy atom. The Labute approximate surface area is 155 Å². The van der Waals surface area contributed by atoms with Gasteiger partial charge in [-0.2, -0.15) is 0 Å². The number of carbonyl (C=O) groups excluding carboxylic acids is 1. The molecule has 1 aromatic carbocycles. The van der Waals surface area contributed by atoms with Crippen molar-refractivity contribution in [3.05, 3.63) is 35.0 Å². The Bertz CT molecular complexity index is 774. The molecule has 1 aromatic heterocycles. The molecular weight excluding hydrogens is 324 g/mol. The van der Waals surface area contributed by atoms with E-state index in [1.165, 1.54) is 53.4 Å². The number of carbonyl (C=O) groups is 1. The summed E-state index contributed by atoms with van der Waals surface area (Å²) in [6, 6.07) is 6.56. The molecule has 5 nitrogen and oxygen atoms in total. The molecule has 2 heterocycles. The lowest BCUT2D eigenvalue weighted by atomic mass is 9.95. The van der Waals surface area contributed by atoms with Gasteiger partial charge < -0.3 is 15.2 Å². The van der Waals surface area contributed by atoms with Crippen molar-refractivity contribution < 1.29 is 4.79 Å². The van der Waals surface area contributed by atoms with E-state index in [1.54, 1.807) is 0 Å². The average molecular weight is 354 g/mol. The van der Waals surface area contributed by atoms with Crippen molar-refractivity contribution in [3.63, 3.8) is 0 Å². The summed E-state index contributed by atoms with van der Waals surface area (Å²) >= 11 is 0. The number of H-pyrrole nitrogens is 1. The number of nitrogens with zero attached hydrogens (tertiary/aromatic N) is 2. The lowest BCUT2D eigenvalue weighted by Crippen LogP contribution is -2.49. The molecule has 1 amide bonds. The van der Waals surface area contributed by atoms with Crippen LogP contribution < -0.4 is 5.32 Å². The van der Waals surface area contributed by atoms with Crippen LogP contribution in [-0.4, -0.2) is 60.0 Å². The Kier molecular flexibility index (Phi) is 5.27. The molecule has 0 saturated carbocycles. The zero-order valence-corrected chi connectivity index (χ0v) is 15.8. The normalized spacial score (nSPS) is 18.8. The van der Waals surface area contributed by atoms with Crippen LogP contribution in [0.25, 0.3) is 10.9 Å².